The van der Waals surface area contributed by atoms with Crippen molar-refractivity contribution in [3.05, 3.63) is 22.6 Å². The van der Waals surface area contributed by atoms with E-state index in [0.717, 1.165) is 36.3 Å². The number of halogens is 1. The molecule has 1 heterocycles. The van der Waals surface area contributed by atoms with Crippen LogP contribution >= 0.6 is 15.9 Å². The fourth-order valence-corrected chi connectivity index (χ4v) is 1.75. The van der Waals surface area contributed by atoms with E-state index in [2.05, 4.69) is 15.9 Å². The van der Waals surface area contributed by atoms with Gasteiger partial charge in [-0.3, -0.25) is 0 Å². The number of nitrogens with two attached hydrogens (primary N) is 1. The van der Waals surface area contributed by atoms with Gasteiger partial charge in [-0.25, -0.2) is 0 Å². The predicted octanol–water partition coefficient (Wildman–Crippen LogP) is 2.86. The van der Waals surface area contributed by atoms with Gasteiger partial charge in [0.1, 0.15) is 5.76 Å². The minimum absolute atomic E-state index is 0.0418. The topological polar surface area (TPSA) is 48.4 Å². The Kier molecular flexibility index (Phi) is 5.22. The summed E-state index contributed by atoms with van der Waals surface area (Å²) in [6, 6.07) is 1.82. The molecular formula is C10H16BrNO2. The van der Waals surface area contributed by atoms with E-state index in [1.165, 1.54) is 0 Å². The monoisotopic (exact) mass is 261 g/mol. The summed E-state index contributed by atoms with van der Waals surface area (Å²) in [4.78, 5) is 0. The van der Waals surface area contributed by atoms with Gasteiger partial charge in [-0.1, -0.05) is 0 Å². The third-order valence-corrected chi connectivity index (χ3v) is 2.64. The second-order valence-corrected chi connectivity index (χ2v) is 3.93. The first kappa shape index (κ1) is 11.8. The Morgan fingerprint density at radius 3 is 3.00 bits per heavy atom. The number of hydrogen-bond acceptors (Lipinski definition) is 3. The van der Waals surface area contributed by atoms with Crippen molar-refractivity contribution in [3.63, 3.8) is 0 Å². The van der Waals surface area contributed by atoms with Gasteiger partial charge in [-0.15, -0.1) is 0 Å². The molecule has 0 saturated carbocycles. The van der Waals surface area contributed by atoms with E-state index in [1.54, 1.807) is 6.26 Å². The summed E-state index contributed by atoms with van der Waals surface area (Å²) in [5.74, 6) is 0.821. The molecule has 0 radical (unpaired) electrons. The molecule has 0 aliphatic heterocycles. The summed E-state index contributed by atoms with van der Waals surface area (Å²) in [5.41, 5.74) is 5.94. The van der Waals surface area contributed by atoms with E-state index in [0.29, 0.717) is 0 Å². The van der Waals surface area contributed by atoms with Crippen LogP contribution in [0.2, 0.25) is 0 Å². The SMILES string of the molecule is CCOCCCC(N)c1occc1Br. The fourth-order valence-electron chi connectivity index (χ4n) is 1.25. The van der Waals surface area contributed by atoms with E-state index in [1.807, 2.05) is 13.0 Å². The first-order valence-electron chi connectivity index (χ1n) is 4.82. The lowest BCUT2D eigenvalue weighted by Crippen LogP contribution is -2.10. The molecule has 1 rings (SSSR count). The van der Waals surface area contributed by atoms with Crippen LogP contribution < -0.4 is 5.73 Å². The molecule has 1 atom stereocenters. The van der Waals surface area contributed by atoms with Gasteiger partial charge in [-0.2, -0.15) is 0 Å². The van der Waals surface area contributed by atoms with Crippen LogP contribution in [0.3, 0.4) is 0 Å². The van der Waals surface area contributed by atoms with Crippen LogP contribution in [-0.2, 0) is 4.74 Å². The minimum Gasteiger partial charge on any atom is -0.466 e. The second-order valence-electron chi connectivity index (χ2n) is 3.08. The van der Waals surface area contributed by atoms with Gasteiger partial charge >= 0.3 is 0 Å². The Labute approximate surface area is 92.7 Å². The second kappa shape index (κ2) is 6.22. The maximum Gasteiger partial charge on any atom is 0.134 e. The normalized spacial score (nSPS) is 13.1. The van der Waals surface area contributed by atoms with Gasteiger partial charge in [0.05, 0.1) is 16.8 Å². The van der Waals surface area contributed by atoms with Crippen LogP contribution in [0.5, 0.6) is 0 Å². The average Bonchev–Trinajstić information content (AvgIpc) is 2.59. The molecule has 0 aliphatic rings. The number of furan rings is 1. The number of hydrogen-bond donors (Lipinski definition) is 1. The van der Waals surface area contributed by atoms with E-state index in [4.69, 9.17) is 14.9 Å². The number of ether oxygens (including phenoxy) is 1. The van der Waals surface area contributed by atoms with Crippen molar-refractivity contribution in [3.8, 4) is 0 Å². The Balaban J connectivity index is 2.28. The van der Waals surface area contributed by atoms with Crippen LogP contribution in [-0.4, -0.2) is 13.2 Å². The molecule has 0 aromatic carbocycles. The van der Waals surface area contributed by atoms with E-state index in [9.17, 15) is 0 Å². The van der Waals surface area contributed by atoms with Crippen molar-refractivity contribution in [2.24, 2.45) is 5.73 Å². The highest BCUT2D eigenvalue weighted by Crippen LogP contribution is 2.25. The third kappa shape index (κ3) is 3.44. The first-order valence-corrected chi connectivity index (χ1v) is 5.61. The van der Waals surface area contributed by atoms with Gasteiger partial charge in [-0.05, 0) is 41.8 Å². The van der Waals surface area contributed by atoms with Crippen LogP contribution in [0.1, 0.15) is 31.6 Å². The van der Waals surface area contributed by atoms with E-state index < -0.39 is 0 Å². The molecule has 80 valence electrons. The molecule has 14 heavy (non-hydrogen) atoms. The molecule has 0 fully saturated rings. The van der Waals surface area contributed by atoms with Crippen LogP contribution in [0, 0.1) is 0 Å². The zero-order valence-corrected chi connectivity index (χ0v) is 9.92. The highest BCUT2D eigenvalue weighted by molar-refractivity contribution is 9.10. The summed E-state index contributed by atoms with van der Waals surface area (Å²) in [6.07, 6.45) is 3.48. The molecule has 1 aromatic rings. The molecule has 4 heteroatoms. The van der Waals surface area contributed by atoms with Crippen LogP contribution in [0.25, 0.3) is 0 Å². The lowest BCUT2D eigenvalue weighted by molar-refractivity contribution is 0.141. The van der Waals surface area contributed by atoms with Gasteiger partial charge in [0, 0.05) is 13.2 Å². The Morgan fingerprint density at radius 2 is 2.43 bits per heavy atom. The smallest absolute Gasteiger partial charge is 0.134 e. The third-order valence-electron chi connectivity index (χ3n) is 1.99. The molecule has 3 nitrogen and oxygen atoms in total. The summed E-state index contributed by atoms with van der Waals surface area (Å²) in [6.45, 7) is 3.52. The molecule has 0 saturated heterocycles. The van der Waals surface area contributed by atoms with Crippen LogP contribution in [0.4, 0.5) is 0 Å². The zero-order valence-electron chi connectivity index (χ0n) is 8.33. The summed E-state index contributed by atoms with van der Waals surface area (Å²) < 4.78 is 11.4. The summed E-state index contributed by atoms with van der Waals surface area (Å²) in [7, 11) is 0. The molecular weight excluding hydrogens is 246 g/mol. The maximum absolute atomic E-state index is 5.94. The molecule has 0 amide bonds. The van der Waals surface area contributed by atoms with Crippen LogP contribution in [0.15, 0.2) is 21.2 Å². The molecule has 1 aromatic heterocycles. The zero-order chi connectivity index (χ0) is 10.4. The lowest BCUT2D eigenvalue weighted by Gasteiger charge is -2.09. The lowest BCUT2D eigenvalue weighted by atomic mass is 10.1. The van der Waals surface area contributed by atoms with Crippen molar-refractivity contribution >= 4 is 15.9 Å². The summed E-state index contributed by atoms with van der Waals surface area (Å²) in [5, 5.41) is 0. The number of rotatable bonds is 6. The van der Waals surface area contributed by atoms with Gasteiger partial charge in [0.2, 0.25) is 0 Å². The van der Waals surface area contributed by atoms with Gasteiger partial charge < -0.3 is 14.9 Å². The average molecular weight is 262 g/mol. The Hall–Kier alpha value is -0.320. The molecule has 0 bridgehead atoms. The van der Waals surface area contributed by atoms with Gasteiger partial charge in [0.15, 0.2) is 0 Å². The van der Waals surface area contributed by atoms with Crippen molar-refractivity contribution in [1.82, 2.24) is 0 Å². The first-order chi connectivity index (χ1) is 6.75. The highest BCUT2D eigenvalue weighted by Gasteiger charge is 2.12. The molecule has 0 aliphatic carbocycles. The highest BCUT2D eigenvalue weighted by atomic mass is 79.9. The maximum atomic E-state index is 5.94. The quantitative estimate of drug-likeness (QED) is 0.802. The van der Waals surface area contributed by atoms with E-state index >= 15 is 0 Å². The van der Waals surface area contributed by atoms with Crippen molar-refractivity contribution in [1.29, 1.82) is 0 Å². The van der Waals surface area contributed by atoms with Crippen molar-refractivity contribution < 1.29 is 9.15 Å². The fraction of sp³-hybridized carbons (Fsp3) is 0.600. The standard InChI is InChI=1S/C10H16BrNO2/c1-2-13-6-3-4-9(12)10-8(11)5-7-14-10/h5,7,9H,2-4,6,12H2,1H3. The largest absolute Gasteiger partial charge is 0.466 e. The molecule has 0 spiro atoms. The van der Waals surface area contributed by atoms with E-state index in [-0.39, 0.29) is 6.04 Å². The van der Waals surface area contributed by atoms with Crippen molar-refractivity contribution in [2.45, 2.75) is 25.8 Å². The Bertz CT molecular complexity index is 262. The molecule has 1 unspecified atom stereocenters. The molecule has 2 N–H and O–H groups in total. The summed E-state index contributed by atoms with van der Waals surface area (Å²) >= 11 is 3.38. The van der Waals surface area contributed by atoms with Crippen molar-refractivity contribution in [2.75, 3.05) is 13.2 Å². The van der Waals surface area contributed by atoms with Gasteiger partial charge in [0.25, 0.3) is 0 Å². The Morgan fingerprint density at radius 1 is 1.64 bits per heavy atom. The minimum atomic E-state index is -0.0418. The predicted molar refractivity (Wildman–Crippen MR) is 59.1 cm³/mol.